The standard InChI is InChI=1S/C22H27N3O/c1-16-4-3-5-21(17(16)2)25-14-12-24(13-15-25)20-10-8-19(9-11-20)23-22(26)18-6-7-18/h3-5,8-11,18H,6-7,12-15H2,1-2H3,(H,23,26). The summed E-state index contributed by atoms with van der Waals surface area (Å²) in [6, 6.07) is 14.8. The summed E-state index contributed by atoms with van der Waals surface area (Å²) in [5, 5.41) is 3.01. The molecule has 0 bridgehead atoms. The summed E-state index contributed by atoms with van der Waals surface area (Å²) in [5.74, 6) is 0.410. The van der Waals surface area contributed by atoms with Crippen LogP contribution >= 0.6 is 0 Å². The van der Waals surface area contributed by atoms with E-state index in [1.807, 2.05) is 12.1 Å². The molecule has 4 heteroatoms. The largest absolute Gasteiger partial charge is 0.368 e. The van der Waals surface area contributed by atoms with Crippen molar-refractivity contribution in [3.63, 3.8) is 0 Å². The average Bonchev–Trinajstić information content (AvgIpc) is 3.50. The minimum Gasteiger partial charge on any atom is -0.368 e. The fourth-order valence-electron chi connectivity index (χ4n) is 3.63. The van der Waals surface area contributed by atoms with Crippen molar-refractivity contribution in [2.45, 2.75) is 26.7 Å². The van der Waals surface area contributed by atoms with E-state index in [0.29, 0.717) is 0 Å². The van der Waals surface area contributed by atoms with Crippen LogP contribution in [0.1, 0.15) is 24.0 Å². The molecular weight excluding hydrogens is 322 g/mol. The molecule has 2 aromatic carbocycles. The Labute approximate surface area is 155 Å². The zero-order valence-corrected chi connectivity index (χ0v) is 15.7. The summed E-state index contributed by atoms with van der Waals surface area (Å²) < 4.78 is 0. The van der Waals surface area contributed by atoms with Crippen molar-refractivity contribution < 1.29 is 4.79 Å². The van der Waals surface area contributed by atoms with Gasteiger partial charge in [0, 0.05) is 49.2 Å². The predicted molar refractivity (Wildman–Crippen MR) is 108 cm³/mol. The average molecular weight is 349 g/mol. The molecule has 4 nitrogen and oxygen atoms in total. The second-order valence-electron chi connectivity index (χ2n) is 7.50. The van der Waals surface area contributed by atoms with Crippen molar-refractivity contribution >= 4 is 23.0 Å². The zero-order valence-electron chi connectivity index (χ0n) is 15.7. The first-order chi connectivity index (χ1) is 12.6. The fraction of sp³-hybridized carbons (Fsp3) is 0.409. The zero-order chi connectivity index (χ0) is 18.1. The number of anilines is 3. The quantitative estimate of drug-likeness (QED) is 0.907. The molecule has 0 radical (unpaired) electrons. The molecule has 0 aromatic heterocycles. The number of nitrogens with zero attached hydrogens (tertiary/aromatic N) is 2. The highest BCUT2D eigenvalue weighted by molar-refractivity contribution is 5.94. The van der Waals surface area contributed by atoms with E-state index >= 15 is 0 Å². The normalized spacial score (nSPS) is 17.3. The maximum Gasteiger partial charge on any atom is 0.227 e. The molecule has 1 aliphatic carbocycles. The number of rotatable bonds is 4. The van der Waals surface area contributed by atoms with Gasteiger partial charge in [-0.05, 0) is 68.1 Å². The predicted octanol–water partition coefficient (Wildman–Crippen LogP) is 3.98. The van der Waals surface area contributed by atoms with Gasteiger partial charge in [0.1, 0.15) is 0 Å². The van der Waals surface area contributed by atoms with Gasteiger partial charge in [-0.3, -0.25) is 4.79 Å². The number of hydrogen-bond acceptors (Lipinski definition) is 3. The molecule has 0 atom stereocenters. The number of nitrogens with one attached hydrogen (secondary N) is 1. The van der Waals surface area contributed by atoms with Gasteiger partial charge in [0.05, 0.1) is 0 Å². The van der Waals surface area contributed by atoms with Crippen LogP contribution in [0.25, 0.3) is 0 Å². The van der Waals surface area contributed by atoms with Crippen LogP contribution in [0.15, 0.2) is 42.5 Å². The molecule has 2 fully saturated rings. The Kier molecular flexibility index (Phi) is 4.58. The summed E-state index contributed by atoms with van der Waals surface area (Å²) in [4.78, 5) is 16.8. The maximum atomic E-state index is 11.9. The third kappa shape index (κ3) is 3.55. The lowest BCUT2D eigenvalue weighted by molar-refractivity contribution is -0.117. The minimum absolute atomic E-state index is 0.167. The Morgan fingerprint density at radius 3 is 2.23 bits per heavy atom. The number of hydrogen-bond donors (Lipinski definition) is 1. The smallest absolute Gasteiger partial charge is 0.227 e. The summed E-state index contributed by atoms with van der Waals surface area (Å²) in [7, 11) is 0. The molecule has 2 aliphatic rings. The Balaban J connectivity index is 1.37. The molecule has 0 unspecified atom stereocenters. The van der Waals surface area contributed by atoms with Gasteiger partial charge < -0.3 is 15.1 Å². The monoisotopic (exact) mass is 349 g/mol. The second-order valence-corrected chi connectivity index (χ2v) is 7.50. The fourth-order valence-corrected chi connectivity index (χ4v) is 3.63. The molecular formula is C22H27N3O. The van der Waals surface area contributed by atoms with Crippen molar-refractivity contribution in [2.24, 2.45) is 5.92 Å². The van der Waals surface area contributed by atoms with Crippen molar-refractivity contribution in [1.82, 2.24) is 0 Å². The van der Waals surface area contributed by atoms with Crippen LogP contribution in [-0.4, -0.2) is 32.1 Å². The first-order valence-electron chi connectivity index (χ1n) is 9.59. The molecule has 26 heavy (non-hydrogen) atoms. The molecule has 1 saturated carbocycles. The van der Waals surface area contributed by atoms with Crippen molar-refractivity contribution in [3.8, 4) is 0 Å². The van der Waals surface area contributed by atoms with Crippen molar-refractivity contribution in [2.75, 3.05) is 41.3 Å². The summed E-state index contributed by atoms with van der Waals surface area (Å²) in [5.41, 5.74) is 6.24. The van der Waals surface area contributed by atoms with E-state index in [9.17, 15) is 4.79 Å². The topological polar surface area (TPSA) is 35.6 Å². The maximum absolute atomic E-state index is 11.9. The van der Waals surface area contributed by atoms with Gasteiger partial charge in [-0.1, -0.05) is 12.1 Å². The van der Waals surface area contributed by atoms with Crippen LogP contribution in [0, 0.1) is 19.8 Å². The van der Waals surface area contributed by atoms with E-state index in [-0.39, 0.29) is 11.8 Å². The van der Waals surface area contributed by atoms with Gasteiger partial charge in [-0.2, -0.15) is 0 Å². The van der Waals surface area contributed by atoms with Crippen molar-refractivity contribution in [1.29, 1.82) is 0 Å². The lowest BCUT2D eigenvalue weighted by atomic mass is 10.1. The number of aryl methyl sites for hydroxylation is 1. The van der Waals surface area contributed by atoms with Crippen LogP contribution in [0.3, 0.4) is 0 Å². The number of carbonyl (C=O) groups is 1. The third-order valence-corrected chi connectivity index (χ3v) is 5.64. The van der Waals surface area contributed by atoms with E-state index in [0.717, 1.165) is 44.7 Å². The second kappa shape index (κ2) is 7.02. The van der Waals surface area contributed by atoms with Gasteiger partial charge >= 0.3 is 0 Å². The van der Waals surface area contributed by atoms with Gasteiger partial charge in [0.25, 0.3) is 0 Å². The molecule has 2 aromatic rings. The number of carbonyl (C=O) groups excluding carboxylic acids is 1. The first kappa shape index (κ1) is 17.0. The molecule has 1 saturated heterocycles. The number of piperazine rings is 1. The number of benzene rings is 2. The molecule has 0 spiro atoms. The van der Waals surface area contributed by atoms with Crippen LogP contribution in [0.4, 0.5) is 17.1 Å². The highest BCUT2D eigenvalue weighted by Gasteiger charge is 2.29. The molecule has 4 rings (SSSR count). The highest BCUT2D eigenvalue weighted by Crippen LogP contribution is 2.30. The lowest BCUT2D eigenvalue weighted by Gasteiger charge is -2.38. The van der Waals surface area contributed by atoms with E-state index in [2.05, 4.69) is 59.3 Å². The molecule has 1 aliphatic heterocycles. The lowest BCUT2D eigenvalue weighted by Crippen LogP contribution is -2.46. The minimum atomic E-state index is 0.167. The van der Waals surface area contributed by atoms with Crippen LogP contribution in [0.5, 0.6) is 0 Å². The van der Waals surface area contributed by atoms with Gasteiger partial charge in [-0.25, -0.2) is 0 Å². The molecule has 136 valence electrons. The van der Waals surface area contributed by atoms with Crippen LogP contribution < -0.4 is 15.1 Å². The van der Waals surface area contributed by atoms with Crippen LogP contribution in [0.2, 0.25) is 0 Å². The Bertz CT molecular complexity index is 788. The van der Waals surface area contributed by atoms with Gasteiger partial charge in [0.15, 0.2) is 0 Å². The molecule has 1 N–H and O–H groups in total. The van der Waals surface area contributed by atoms with E-state index in [1.165, 1.54) is 22.5 Å². The Morgan fingerprint density at radius 2 is 1.58 bits per heavy atom. The molecule has 1 heterocycles. The van der Waals surface area contributed by atoms with Gasteiger partial charge in [-0.15, -0.1) is 0 Å². The van der Waals surface area contributed by atoms with E-state index in [4.69, 9.17) is 0 Å². The van der Waals surface area contributed by atoms with E-state index < -0.39 is 0 Å². The number of amides is 1. The highest BCUT2D eigenvalue weighted by atomic mass is 16.2. The van der Waals surface area contributed by atoms with Crippen molar-refractivity contribution in [3.05, 3.63) is 53.6 Å². The third-order valence-electron chi connectivity index (χ3n) is 5.64. The van der Waals surface area contributed by atoms with Crippen LogP contribution in [-0.2, 0) is 4.79 Å². The summed E-state index contributed by atoms with van der Waals surface area (Å²) >= 11 is 0. The van der Waals surface area contributed by atoms with Gasteiger partial charge in [0.2, 0.25) is 5.91 Å². The summed E-state index contributed by atoms with van der Waals surface area (Å²) in [6.45, 7) is 8.49. The Morgan fingerprint density at radius 1 is 0.923 bits per heavy atom. The Hall–Kier alpha value is -2.49. The summed E-state index contributed by atoms with van der Waals surface area (Å²) in [6.07, 6.45) is 2.07. The molecule has 1 amide bonds. The SMILES string of the molecule is Cc1cccc(N2CCN(c3ccc(NC(=O)C4CC4)cc3)CC2)c1C. The van der Waals surface area contributed by atoms with E-state index in [1.54, 1.807) is 0 Å². The first-order valence-corrected chi connectivity index (χ1v) is 9.59.